The molecule has 0 spiro atoms. The van der Waals surface area contributed by atoms with E-state index in [1.165, 1.54) is 45.6 Å². The number of aromatic hydroxyl groups is 1. The average molecular weight is 411 g/mol. The van der Waals surface area contributed by atoms with E-state index in [2.05, 4.69) is 5.10 Å². The molecule has 0 saturated carbocycles. The fraction of sp³-hybridized carbons (Fsp3) is 0.188. The van der Waals surface area contributed by atoms with Crippen LogP contribution in [0.1, 0.15) is 5.56 Å². The summed E-state index contributed by atoms with van der Waals surface area (Å²) in [6.45, 7) is 0. The van der Waals surface area contributed by atoms with Gasteiger partial charge in [-0.1, -0.05) is 0 Å². The van der Waals surface area contributed by atoms with Gasteiger partial charge in [-0.15, -0.1) is 0 Å². The lowest BCUT2D eigenvalue weighted by molar-refractivity contribution is -0.386. The van der Waals surface area contributed by atoms with Gasteiger partial charge in [0.25, 0.3) is 10.0 Å². The first-order valence-electron chi connectivity index (χ1n) is 7.55. The van der Waals surface area contributed by atoms with Gasteiger partial charge in [-0.2, -0.15) is 13.5 Å². The lowest BCUT2D eigenvalue weighted by atomic mass is 10.2. The number of nitrogens with zero attached hydrogens (tertiary/aromatic N) is 2. The zero-order valence-electron chi connectivity index (χ0n) is 15.1. The van der Waals surface area contributed by atoms with Crippen LogP contribution < -0.4 is 19.0 Å². The number of rotatable bonds is 8. The molecule has 12 heteroatoms. The highest BCUT2D eigenvalue weighted by molar-refractivity contribution is 7.89. The number of hydrogen-bond donors (Lipinski definition) is 2. The van der Waals surface area contributed by atoms with Gasteiger partial charge in [-0.25, -0.2) is 4.83 Å². The molecule has 0 aromatic heterocycles. The van der Waals surface area contributed by atoms with Crippen molar-refractivity contribution in [2.45, 2.75) is 4.90 Å². The molecule has 2 aromatic rings. The highest BCUT2D eigenvalue weighted by Gasteiger charge is 2.20. The maximum atomic E-state index is 12.3. The van der Waals surface area contributed by atoms with Gasteiger partial charge in [-0.05, 0) is 18.2 Å². The Hall–Kier alpha value is -3.54. The molecular formula is C16H17N3O8S. The monoisotopic (exact) mass is 411 g/mol. The predicted molar refractivity (Wildman–Crippen MR) is 98.8 cm³/mol. The van der Waals surface area contributed by atoms with E-state index in [-0.39, 0.29) is 22.0 Å². The molecular weight excluding hydrogens is 394 g/mol. The van der Waals surface area contributed by atoms with Gasteiger partial charge in [0.05, 0.1) is 37.4 Å². The predicted octanol–water partition coefficient (Wildman–Crippen LogP) is 1.64. The molecule has 0 bridgehead atoms. The highest BCUT2D eigenvalue weighted by atomic mass is 32.2. The summed E-state index contributed by atoms with van der Waals surface area (Å²) in [5.74, 6) is -0.226. The van der Waals surface area contributed by atoms with Crippen molar-refractivity contribution >= 4 is 21.9 Å². The molecule has 0 radical (unpaired) electrons. The fourth-order valence-corrected chi connectivity index (χ4v) is 3.00. The lowest BCUT2D eigenvalue weighted by Crippen LogP contribution is -2.18. The number of sulfonamides is 1. The maximum Gasteiger partial charge on any atom is 0.315 e. The second-order valence-electron chi connectivity index (χ2n) is 5.22. The zero-order chi connectivity index (χ0) is 20.9. The van der Waals surface area contributed by atoms with Gasteiger partial charge in [0.15, 0.2) is 17.2 Å². The number of phenols is 1. The number of phenolic OH excluding ortho intramolecular Hbond substituents is 1. The van der Waals surface area contributed by atoms with E-state index in [0.717, 1.165) is 12.3 Å². The number of ether oxygens (including phenoxy) is 3. The molecule has 150 valence electrons. The number of nitro benzene ring substituents is 1. The molecule has 0 fully saturated rings. The molecule has 0 unspecified atom stereocenters. The summed E-state index contributed by atoms with van der Waals surface area (Å²) >= 11 is 0. The summed E-state index contributed by atoms with van der Waals surface area (Å²) in [5, 5.41) is 24.3. The normalized spacial score (nSPS) is 11.2. The van der Waals surface area contributed by atoms with Crippen LogP contribution in [0.25, 0.3) is 0 Å². The first kappa shape index (κ1) is 20.8. The first-order chi connectivity index (χ1) is 13.2. The van der Waals surface area contributed by atoms with Crippen LogP contribution in [0.2, 0.25) is 0 Å². The van der Waals surface area contributed by atoms with E-state index < -0.39 is 26.4 Å². The van der Waals surface area contributed by atoms with E-state index in [1.807, 2.05) is 4.83 Å². The Labute approximate surface area is 160 Å². The van der Waals surface area contributed by atoms with Crippen LogP contribution in [-0.4, -0.2) is 46.0 Å². The van der Waals surface area contributed by atoms with Crippen LogP contribution in [0.5, 0.6) is 23.0 Å². The molecule has 2 aromatic carbocycles. The molecule has 28 heavy (non-hydrogen) atoms. The van der Waals surface area contributed by atoms with Crippen molar-refractivity contribution < 1.29 is 32.7 Å². The first-order valence-corrected chi connectivity index (χ1v) is 9.04. The van der Waals surface area contributed by atoms with Gasteiger partial charge in [0, 0.05) is 17.7 Å². The van der Waals surface area contributed by atoms with Crippen molar-refractivity contribution in [2.24, 2.45) is 5.10 Å². The van der Waals surface area contributed by atoms with E-state index in [1.54, 1.807) is 0 Å². The Bertz CT molecular complexity index is 1020. The zero-order valence-corrected chi connectivity index (χ0v) is 15.9. The van der Waals surface area contributed by atoms with Crippen LogP contribution in [0.3, 0.4) is 0 Å². The standard InChI is InChI=1S/C16H17N3O8S/c1-25-13-5-4-11(8-14(13)26-2)28(23,24)18-17-9-10-6-12(19(21)22)16(20)15(7-10)27-3/h4-9,18,20H,1-3H3/b17-9+. The van der Waals surface area contributed by atoms with Gasteiger partial charge < -0.3 is 19.3 Å². The topological polar surface area (TPSA) is 150 Å². The van der Waals surface area contributed by atoms with E-state index in [0.29, 0.717) is 5.75 Å². The number of nitrogens with one attached hydrogen (secondary N) is 1. The van der Waals surface area contributed by atoms with Crippen LogP contribution in [-0.2, 0) is 10.0 Å². The van der Waals surface area contributed by atoms with Crippen molar-refractivity contribution in [2.75, 3.05) is 21.3 Å². The minimum atomic E-state index is -4.04. The Kier molecular flexibility index (Phi) is 6.26. The molecule has 0 amide bonds. The minimum Gasteiger partial charge on any atom is -0.500 e. The molecule has 11 nitrogen and oxygen atoms in total. The smallest absolute Gasteiger partial charge is 0.315 e. The Morgan fingerprint density at radius 2 is 1.71 bits per heavy atom. The Balaban J connectivity index is 2.29. The van der Waals surface area contributed by atoms with E-state index >= 15 is 0 Å². The lowest BCUT2D eigenvalue weighted by Gasteiger charge is -2.09. The molecule has 2 rings (SSSR count). The van der Waals surface area contributed by atoms with Crippen molar-refractivity contribution in [1.29, 1.82) is 0 Å². The van der Waals surface area contributed by atoms with Crippen LogP contribution in [0, 0.1) is 10.1 Å². The molecule has 0 atom stereocenters. The third-order valence-electron chi connectivity index (χ3n) is 3.55. The fourth-order valence-electron chi connectivity index (χ4n) is 2.19. The molecule has 0 saturated heterocycles. The van der Waals surface area contributed by atoms with Crippen molar-refractivity contribution in [3.8, 4) is 23.0 Å². The van der Waals surface area contributed by atoms with Crippen molar-refractivity contribution in [3.05, 3.63) is 46.0 Å². The number of benzene rings is 2. The molecule has 0 aliphatic heterocycles. The number of hydrazone groups is 1. The third-order valence-corrected chi connectivity index (χ3v) is 4.77. The molecule has 0 heterocycles. The van der Waals surface area contributed by atoms with E-state index in [9.17, 15) is 23.6 Å². The number of nitro groups is 1. The molecule has 0 aliphatic carbocycles. The maximum absolute atomic E-state index is 12.3. The second-order valence-corrected chi connectivity index (χ2v) is 6.88. The third kappa shape index (κ3) is 4.40. The summed E-state index contributed by atoms with van der Waals surface area (Å²) < 4.78 is 39.7. The largest absolute Gasteiger partial charge is 0.500 e. The van der Waals surface area contributed by atoms with Gasteiger partial charge in [-0.3, -0.25) is 10.1 Å². The van der Waals surface area contributed by atoms with Crippen LogP contribution in [0.15, 0.2) is 40.3 Å². The van der Waals surface area contributed by atoms with Crippen molar-refractivity contribution in [3.63, 3.8) is 0 Å². The summed E-state index contributed by atoms with van der Waals surface area (Å²) in [7, 11) is -0.0322. The second kappa shape index (κ2) is 8.43. The van der Waals surface area contributed by atoms with Crippen LogP contribution >= 0.6 is 0 Å². The van der Waals surface area contributed by atoms with Gasteiger partial charge in [0.1, 0.15) is 0 Å². The van der Waals surface area contributed by atoms with Gasteiger partial charge >= 0.3 is 5.69 Å². The number of methoxy groups -OCH3 is 3. The summed E-state index contributed by atoms with van der Waals surface area (Å²) in [6.07, 6.45) is 1.03. The average Bonchev–Trinajstić information content (AvgIpc) is 2.67. The molecule has 0 aliphatic rings. The quantitative estimate of drug-likeness (QED) is 0.378. The van der Waals surface area contributed by atoms with E-state index in [4.69, 9.17) is 14.2 Å². The Morgan fingerprint density at radius 1 is 1.07 bits per heavy atom. The minimum absolute atomic E-state index is 0.128. The molecule has 2 N–H and O–H groups in total. The number of hydrogen-bond acceptors (Lipinski definition) is 9. The summed E-state index contributed by atoms with van der Waals surface area (Å²) in [4.78, 5) is 12.0. The van der Waals surface area contributed by atoms with Gasteiger partial charge in [0.2, 0.25) is 5.75 Å². The highest BCUT2D eigenvalue weighted by Crippen LogP contribution is 2.36. The summed E-state index contributed by atoms with van der Waals surface area (Å²) in [6, 6.07) is 6.26. The Morgan fingerprint density at radius 3 is 2.29 bits per heavy atom. The SMILES string of the molecule is COc1ccc(S(=O)(=O)N/N=C/c2cc(OC)c(O)c([N+](=O)[O-])c2)cc1OC. The van der Waals surface area contributed by atoms with Crippen molar-refractivity contribution in [1.82, 2.24) is 4.83 Å². The summed E-state index contributed by atoms with van der Waals surface area (Å²) in [5.41, 5.74) is -0.472. The van der Waals surface area contributed by atoms with Crippen LogP contribution in [0.4, 0.5) is 5.69 Å².